The zero-order valence-electron chi connectivity index (χ0n) is 6.19. The number of benzene rings is 1. The van der Waals surface area contributed by atoms with Crippen LogP contribution in [0.25, 0.3) is 0 Å². The van der Waals surface area contributed by atoms with Crippen LogP contribution in [0.5, 0.6) is 0 Å². The first-order valence-electron chi connectivity index (χ1n) is 3.14. The minimum Gasteiger partial charge on any atom is -0.768 e. The molecular formula is C7H4FO4S-. The molecule has 13 heavy (non-hydrogen) atoms. The Morgan fingerprint density at radius 1 is 1.54 bits per heavy atom. The van der Waals surface area contributed by atoms with Crippen LogP contribution in [0.2, 0.25) is 0 Å². The predicted octanol–water partition coefficient (Wildman–Crippen LogP) is 0.762. The van der Waals surface area contributed by atoms with Gasteiger partial charge in [0.25, 0.3) is 0 Å². The molecule has 0 fully saturated rings. The van der Waals surface area contributed by atoms with Crippen LogP contribution in [0.1, 0.15) is 10.4 Å². The van der Waals surface area contributed by atoms with Crippen molar-refractivity contribution in [1.82, 2.24) is 0 Å². The van der Waals surface area contributed by atoms with E-state index in [9.17, 15) is 17.9 Å². The molecule has 0 amide bonds. The Kier molecular flexibility index (Phi) is 2.74. The van der Waals surface area contributed by atoms with Gasteiger partial charge in [-0.3, -0.25) is 4.21 Å². The standard InChI is InChI=1S/C7H5FO4S/c8-6-2-1-4(13(11)12)3-5(6)7(9)10/h1-3H,(H,9,10)(H,11,12)/p-1. The molecule has 4 nitrogen and oxygen atoms in total. The Bertz CT molecular complexity index is 377. The van der Waals surface area contributed by atoms with E-state index >= 15 is 0 Å². The topological polar surface area (TPSA) is 77.4 Å². The van der Waals surface area contributed by atoms with E-state index < -0.39 is 28.4 Å². The van der Waals surface area contributed by atoms with E-state index in [2.05, 4.69) is 0 Å². The summed E-state index contributed by atoms with van der Waals surface area (Å²) in [5.74, 6) is -2.45. The minimum atomic E-state index is -2.54. The van der Waals surface area contributed by atoms with Crippen LogP contribution >= 0.6 is 0 Å². The maximum absolute atomic E-state index is 12.7. The van der Waals surface area contributed by atoms with Gasteiger partial charge in [0.05, 0.1) is 5.56 Å². The molecule has 0 saturated heterocycles. The summed E-state index contributed by atoms with van der Waals surface area (Å²) < 4.78 is 33.4. The van der Waals surface area contributed by atoms with Crippen molar-refractivity contribution < 1.29 is 23.1 Å². The van der Waals surface area contributed by atoms with Crippen LogP contribution in [0.15, 0.2) is 23.1 Å². The molecular weight excluding hydrogens is 199 g/mol. The van der Waals surface area contributed by atoms with Crippen molar-refractivity contribution in [2.45, 2.75) is 4.90 Å². The summed E-state index contributed by atoms with van der Waals surface area (Å²) in [5.41, 5.74) is -0.651. The quantitative estimate of drug-likeness (QED) is 0.720. The number of carboxylic acids is 1. The average molecular weight is 203 g/mol. The second kappa shape index (κ2) is 3.63. The normalized spacial score (nSPS) is 12.5. The molecule has 0 saturated carbocycles. The van der Waals surface area contributed by atoms with Crippen LogP contribution in [0, 0.1) is 5.82 Å². The van der Waals surface area contributed by atoms with Gasteiger partial charge in [0, 0.05) is 4.90 Å². The van der Waals surface area contributed by atoms with Crippen LogP contribution in [-0.2, 0) is 11.1 Å². The second-order valence-electron chi connectivity index (χ2n) is 2.18. The Hall–Kier alpha value is -1.27. The molecule has 1 atom stereocenters. The van der Waals surface area contributed by atoms with Gasteiger partial charge in [0.15, 0.2) is 0 Å². The largest absolute Gasteiger partial charge is 0.768 e. The van der Waals surface area contributed by atoms with Crippen LogP contribution in [-0.4, -0.2) is 19.8 Å². The van der Waals surface area contributed by atoms with Crippen LogP contribution in [0.3, 0.4) is 0 Å². The second-order valence-corrected chi connectivity index (χ2v) is 3.12. The van der Waals surface area contributed by atoms with Crippen molar-refractivity contribution in [3.8, 4) is 0 Å². The Balaban J connectivity index is 3.27. The zero-order chi connectivity index (χ0) is 10.0. The van der Waals surface area contributed by atoms with Gasteiger partial charge in [-0.25, -0.2) is 9.18 Å². The molecule has 0 spiro atoms. The number of rotatable bonds is 2. The summed E-state index contributed by atoms with van der Waals surface area (Å²) in [5, 5.41) is 8.43. The molecule has 1 aromatic rings. The Morgan fingerprint density at radius 2 is 2.15 bits per heavy atom. The van der Waals surface area contributed by atoms with E-state index in [4.69, 9.17) is 5.11 Å². The molecule has 0 bridgehead atoms. The van der Waals surface area contributed by atoms with Gasteiger partial charge in [-0.15, -0.1) is 0 Å². The first-order valence-corrected chi connectivity index (χ1v) is 4.22. The summed E-state index contributed by atoms with van der Waals surface area (Å²) in [6, 6.07) is 2.56. The van der Waals surface area contributed by atoms with Gasteiger partial charge >= 0.3 is 5.97 Å². The number of hydrogen-bond donors (Lipinski definition) is 1. The molecule has 1 N–H and O–H groups in total. The summed E-state index contributed by atoms with van der Waals surface area (Å²) in [6.45, 7) is 0. The molecule has 1 rings (SSSR count). The van der Waals surface area contributed by atoms with E-state index in [1.165, 1.54) is 0 Å². The van der Waals surface area contributed by atoms with Gasteiger partial charge in [-0.05, 0) is 29.3 Å². The Labute approximate surface area is 75.3 Å². The summed E-state index contributed by atoms with van der Waals surface area (Å²) in [7, 11) is 0. The fourth-order valence-corrected chi connectivity index (χ4v) is 1.17. The zero-order valence-corrected chi connectivity index (χ0v) is 7.01. The number of hydrogen-bond acceptors (Lipinski definition) is 3. The molecule has 0 aliphatic carbocycles. The number of carboxylic acid groups (broad SMARTS) is 1. The third-order valence-electron chi connectivity index (χ3n) is 1.36. The highest BCUT2D eigenvalue weighted by molar-refractivity contribution is 7.79. The van der Waals surface area contributed by atoms with Crippen molar-refractivity contribution in [3.05, 3.63) is 29.6 Å². The molecule has 6 heteroatoms. The molecule has 0 aliphatic rings. The van der Waals surface area contributed by atoms with Crippen LogP contribution < -0.4 is 0 Å². The van der Waals surface area contributed by atoms with E-state index in [1.54, 1.807) is 0 Å². The highest BCUT2D eigenvalue weighted by Gasteiger charge is 2.10. The fourth-order valence-electron chi connectivity index (χ4n) is 0.772. The first-order chi connectivity index (χ1) is 6.02. The third kappa shape index (κ3) is 2.10. The molecule has 1 unspecified atom stereocenters. The molecule has 0 radical (unpaired) electrons. The minimum absolute atomic E-state index is 0.251. The molecule has 1 aromatic carbocycles. The lowest BCUT2D eigenvalue weighted by molar-refractivity contribution is 0.0691. The van der Waals surface area contributed by atoms with Crippen LogP contribution in [0.4, 0.5) is 4.39 Å². The number of carbonyl (C=O) groups is 1. The van der Waals surface area contributed by atoms with E-state index in [0.29, 0.717) is 0 Å². The Morgan fingerprint density at radius 3 is 2.62 bits per heavy atom. The summed E-state index contributed by atoms with van der Waals surface area (Å²) >= 11 is -2.54. The number of aromatic carboxylic acids is 1. The van der Waals surface area contributed by atoms with Crippen molar-refractivity contribution in [2.75, 3.05) is 0 Å². The lowest BCUT2D eigenvalue weighted by Gasteiger charge is -2.05. The van der Waals surface area contributed by atoms with Crippen molar-refractivity contribution in [2.24, 2.45) is 0 Å². The average Bonchev–Trinajstić information content (AvgIpc) is 2.04. The summed E-state index contributed by atoms with van der Waals surface area (Å²) in [6.07, 6.45) is 0. The highest BCUT2D eigenvalue weighted by Crippen LogP contribution is 2.12. The van der Waals surface area contributed by atoms with E-state index in [1.807, 2.05) is 0 Å². The van der Waals surface area contributed by atoms with Gasteiger partial charge in [0.2, 0.25) is 0 Å². The molecule has 0 aliphatic heterocycles. The first kappa shape index (κ1) is 9.82. The van der Waals surface area contributed by atoms with Crippen molar-refractivity contribution in [1.29, 1.82) is 0 Å². The lowest BCUT2D eigenvalue weighted by atomic mass is 10.2. The monoisotopic (exact) mass is 203 g/mol. The lowest BCUT2D eigenvalue weighted by Crippen LogP contribution is -2.02. The molecule has 0 aromatic heterocycles. The SMILES string of the molecule is O=C(O)c1cc(S(=O)[O-])ccc1F. The van der Waals surface area contributed by atoms with Gasteiger partial charge in [-0.1, -0.05) is 0 Å². The third-order valence-corrected chi connectivity index (χ3v) is 2.00. The molecule has 0 heterocycles. The van der Waals surface area contributed by atoms with Crippen molar-refractivity contribution in [3.63, 3.8) is 0 Å². The fraction of sp³-hybridized carbons (Fsp3) is 0. The van der Waals surface area contributed by atoms with Gasteiger partial charge in [-0.2, -0.15) is 0 Å². The van der Waals surface area contributed by atoms with Crippen molar-refractivity contribution >= 4 is 17.0 Å². The maximum atomic E-state index is 12.7. The smallest absolute Gasteiger partial charge is 0.338 e. The number of halogens is 1. The van der Waals surface area contributed by atoms with E-state index in [-0.39, 0.29) is 4.90 Å². The molecule has 70 valence electrons. The predicted molar refractivity (Wildman–Crippen MR) is 40.5 cm³/mol. The van der Waals surface area contributed by atoms with Gasteiger partial charge < -0.3 is 9.66 Å². The van der Waals surface area contributed by atoms with Gasteiger partial charge in [0.1, 0.15) is 5.82 Å². The van der Waals surface area contributed by atoms with E-state index in [0.717, 1.165) is 18.2 Å². The maximum Gasteiger partial charge on any atom is 0.338 e. The highest BCUT2D eigenvalue weighted by atomic mass is 32.2. The summed E-state index contributed by atoms with van der Waals surface area (Å²) in [4.78, 5) is 10.1.